The monoisotopic (exact) mass is 719 g/mol. The van der Waals surface area contributed by atoms with Crippen molar-refractivity contribution in [1.82, 2.24) is 14.8 Å². The second kappa shape index (κ2) is 16.1. The number of nitrogens with zero attached hydrogens (tertiary/aromatic N) is 5. The Morgan fingerprint density at radius 3 is 1.93 bits per heavy atom. The minimum absolute atomic E-state index is 0.138. The molecule has 274 valence electrons. The van der Waals surface area contributed by atoms with Crippen molar-refractivity contribution < 1.29 is 14.7 Å². The van der Waals surface area contributed by atoms with Crippen molar-refractivity contribution in [2.24, 2.45) is 5.92 Å². The maximum Gasteiger partial charge on any atom is 0.411 e. The quantitative estimate of drug-likeness (QED) is 0.108. The molecule has 1 aliphatic heterocycles. The third kappa shape index (κ3) is 7.68. The van der Waals surface area contributed by atoms with Gasteiger partial charge in [0.2, 0.25) is 0 Å². The van der Waals surface area contributed by atoms with Gasteiger partial charge in [0.25, 0.3) is 5.91 Å². The first kappa shape index (κ1) is 36.0. The van der Waals surface area contributed by atoms with Crippen LogP contribution in [0, 0.1) is 12.8 Å². The summed E-state index contributed by atoms with van der Waals surface area (Å²) < 4.78 is 1.80. The van der Waals surface area contributed by atoms with Gasteiger partial charge in [0.15, 0.2) is 0 Å². The van der Waals surface area contributed by atoms with Crippen LogP contribution in [-0.4, -0.2) is 51.5 Å². The van der Waals surface area contributed by atoms with Gasteiger partial charge in [-0.3, -0.25) is 9.69 Å². The molecule has 0 unspecified atom stereocenters. The smallest absolute Gasteiger partial charge is 0.411 e. The third-order valence-corrected chi connectivity index (χ3v) is 10.2. The molecule has 4 aromatic carbocycles. The standard InChI is InChI=1S/C44H45N7O3/c1-32-25-28-49(29-26-32)41-39(23-18-33(2)46-41)42(52)47-37-19-21-38(22-20-37)50(43(53)54)30-31-51-40(24-27-45-51)48-44(34-12-6-3-7-13-34,35-14-8-4-9-15-35)36-16-10-5-11-17-36/h3-24,27,32,48H,25-26,28-31H2,1-2H3,(H,47,52)(H,53,54). The molecule has 0 aliphatic carbocycles. The average Bonchev–Trinajstić information content (AvgIpc) is 3.65. The Hall–Kier alpha value is -6.42. The lowest BCUT2D eigenvalue weighted by Gasteiger charge is -2.37. The highest BCUT2D eigenvalue weighted by molar-refractivity contribution is 6.07. The Morgan fingerprint density at radius 2 is 1.37 bits per heavy atom. The number of amides is 2. The maximum absolute atomic E-state index is 13.5. The number of carboxylic acid groups (broad SMARTS) is 1. The van der Waals surface area contributed by atoms with Crippen molar-refractivity contribution in [2.45, 2.75) is 38.8 Å². The van der Waals surface area contributed by atoms with E-state index in [1.807, 2.05) is 79.7 Å². The fraction of sp³-hybridized carbons (Fsp3) is 0.227. The van der Waals surface area contributed by atoms with Crippen LogP contribution >= 0.6 is 0 Å². The summed E-state index contributed by atoms with van der Waals surface area (Å²) in [5.41, 5.74) is 4.79. The second-order valence-electron chi connectivity index (χ2n) is 13.8. The molecule has 7 rings (SSSR count). The lowest BCUT2D eigenvalue weighted by Crippen LogP contribution is -2.39. The Bertz CT molecular complexity index is 2070. The van der Waals surface area contributed by atoms with Crippen LogP contribution in [0.25, 0.3) is 0 Å². The molecule has 2 amide bonds. The third-order valence-electron chi connectivity index (χ3n) is 10.2. The molecule has 1 aliphatic rings. The number of carbonyl (C=O) groups excluding carboxylic acids is 1. The number of carbonyl (C=O) groups is 2. The molecule has 10 nitrogen and oxygen atoms in total. The Morgan fingerprint density at radius 1 is 0.796 bits per heavy atom. The SMILES string of the molecule is Cc1ccc(C(=O)Nc2ccc(N(CCn3nccc3NC(c3ccccc3)(c3ccccc3)c3ccccc3)C(=O)O)cc2)c(N2CCC(C)CC2)n1. The topological polar surface area (TPSA) is 116 Å². The molecule has 2 aromatic heterocycles. The van der Waals surface area contributed by atoms with Crippen molar-refractivity contribution in [2.75, 3.05) is 40.1 Å². The number of anilines is 4. The van der Waals surface area contributed by atoms with Crippen LogP contribution in [0.2, 0.25) is 0 Å². The van der Waals surface area contributed by atoms with Gasteiger partial charge in [0.1, 0.15) is 17.2 Å². The molecule has 1 saturated heterocycles. The number of piperidine rings is 1. The zero-order valence-corrected chi connectivity index (χ0v) is 30.6. The van der Waals surface area contributed by atoms with Gasteiger partial charge in [0.05, 0.1) is 18.3 Å². The summed E-state index contributed by atoms with van der Waals surface area (Å²) >= 11 is 0. The molecular weight excluding hydrogens is 675 g/mol. The van der Waals surface area contributed by atoms with Crippen LogP contribution in [0.5, 0.6) is 0 Å². The molecule has 3 N–H and O–H groups in total. The largest absolute Gasteiger partial charge is 0.465 e. The van der Waals surface area contributed by atoms with E-state index in [4.69, 9.17) is 4.98 Å². The van der Waals surface area contributed by atoms with Crippen molar-refractivity contribution in [3.63, 3.8) is 0 Å². The first-order valence-corrected chi connectivity index (χ1v) is 18.4. The van der Waals surface area contributed by atoms with Gasteiger partial charge in [-0.25, -0.2) is 14.5 Å². The summed E-state index contributed by atoms with van der Waals surface area (Å²) in [4.78, 5) is 34.3. The van der Waals surface area contributed by atoms with Gasteiger partial charge in [-0.15, -0.1) is 0 Å². The van der Waals surface area contributed by atoms with E-state index >= 15 is 0 Å². The van der Waals surface area contributed by atoms with Crippen molar-refractivity contribution >= 4 is 35.0 Å². The maximum atomic E-state index is 13.5. The first-order chi connectivity index (χ1) is 26.3. The Kier molecular flexibility index (Phi) is 10.7. The van der Waals surface area contributed by atoms with E-state index in [0.717, 1.165) is 54.1 Å². The molecule has 0 radical (unpaired) electrons. The molecule has 3 heterocycles. The summed E-state index contributed by atoms with van der Waals surface area (Å²) in [7, 11) is 0. The highest BCUT2D eigenvalue weighted by Crippen LogP contribution is 2.40. The zero-order chi connectivity index (χ0) is 37.5. The van der Waals surface area contributed by atoms with E-state index in [-0.39, 0.29) is 19.0 Å². The number of aryl methyl sites for hydroxylation is 1. The Balaban J connectivity index is 1.09. The number of benzene rings is 4. The van der Waals surface area contributed by atoms with Crippen LogP contribution < -0.4 is 20.4 Å². The van der Waals surface area contributed by atoms with Gasteiger partial charge in [-0.1, -0.05) is 97.9 Å². The van der Waals surface area contributed by atoms with Crippen LogP contribution in [-0.2, 0) is 12.1 Å². The first-order valence-electron chi connectivity index (χ1n) is 18.4. The molecule has 0 saturated carbocycles. The summed E-state index contributed by atoms with van der Waals surface area (Å²) in [6, 6.07) is 43.3. The zero-order valence-electron chi connectivity index (χ0n) is 30.6. The summed E-state index contributed by atoms with van der Waals surface area (Å²) in [5, 5.41) is 21.8. The molecule has 0 bridgehead atoms. The van der Waals surface area contributed by atoms with Crippen molar-refractivity contribution in [3.05, 3.63) is 168 Å². The van der Waals surface area contributed by atoms with Gasteiger partial charge in [-0.05, 0) is 78.8 Å². The van der Waals surface area contributed by atoms with E-state index in [1.165, 1.54) is 4.90 Å². The number of nitrogens with one attached hydrogen (secondary N) is 2. The molecule has 0 spiro atoms. The fourth-order valence-electron chi connectivity index (χ4n) is 7.22. The normalized spacial score (nSPS) is 13.3. The van der Waals surface area contributed by atoms with Gasteiger partial charge in [0, 0.05) is 42.8 Å². The summed E-state index contributed by atoms with van der Waals surface area (Å²) in [6.45, 7) is 6.34. The molecule has 6 aromatic rings. The fourth-order valence-corrected chi connectivity index (χ4v) is 7.22. The predicted molar refractivity (Wildman–Crippen MR) is 214 cm³/mol. The summed E-state index contributed by atoms with van der Waals surface area (Å²) in [6.07, 6.45) is 2.75. The molecule has 10 heteroatoms. The number of pyridine rings is 1. The van der Waals surface area contributed by atoms with Crippen LogP contribution in [0.15, 0.2) is 140 Å². The Labute approximate surface area is 316 Å². The molecular formula is C44H45N7O3. The highest BCUT2D eigenvalue weighted by Gasteiger charge is 2.37. The number of hydrogen-bond acceptors (Lipinski definition) is 6. The lowest BCUT2D eigenvalue weighted by molar-refractivity contribution is 0.102. The molecule has 0 atom stereocenters. The van der Waals surface area contributed by atoms with Gasteiger partial charge >= 0.3 is 6.09 Å². The van der Waals surface area contributed by atoms with E-state index in [9.17, 15) is 14.7 Å². The van der Waals surface area contributed by atoms with E-state index in [0.29, 0.717) is 28.7 Å². The van der Waals surface area contributed by atoms with E-state index < -0.39 is 11.6 Å². The number of hydrogen-bond donors (Lipinski definition) is 3. The van der Waals surface area contributed by atoms with Gasteiger partial charge < -0.3 is 20.6 Å². The predicted octanol–water partition coefficient (Wildman–Crippen LogP) is 8.66. The summed E-state index contributed by atoms with van der Waals surface area (Å²) in [5.74, 6) is 1.84. The van der Waals surface area contributed by atoms with E-state index in [1.54, 1.807) is 35.1 Å². The van der Waals surface area contributed by atoms with Crippen LogP contribution in [0.3, 0.4) is 0 Å². The van der Waals surface area contributed by atoms with Gasteiger partial charge in [-0.2, -0.15) is 5.10 Å². The average molecular weight is 720 g/mol. The second-order valence-corrected chi connectivity index (χ2v) is 13.8. The number of rotatable bonds is 12. The highest BCUT2D eigenvalue weighted by atomic mass is 16.4. The minimum atomic E-state index is -1.09. The number of aromatic nitrogens is 3. The van der Waals surface area contributed by atoms with E-state index in [2.05, 4.69) is 64.0 Å². The van der Waals surface area contributed by atoms with Crippen LogP contribution in [0.4, 0.5) is 27.8 Å². The van der Waals surface area contributed by atoms with Crippen molar-refractivity contribution in [3.8, 4) is 0 Å². The van der Waals surface area contributed by atoms with Crippen molar-refractivity contribution in [1.29, 1.82) is 0 Å². The molecule has 54 heavy (non-hydrogen) atoms. The lowest BCUT2D eigenvalue weighted by atomic mass is 9.77. The molecule has 1 fully saturated rings. The van der Waals surface area contributed by atoms with Crippen LogP contribution in [0.1, 0.15) is 52.5 Å². The minimum Gasteiger partial charge on any atom is -0.465 e.